The van der Waals surface area contributed by atoms with Crippen molar-refractivity contribution in [2.45, 2.75) is 191 Å². The van der Waals surface area contributed by atoms with E-state index in [1.807, 2.05) is 0 Å². The second-order valence-corrected chi connectivity index (χ2v) is 22.5. The largest absolute Gasteiger partial charge is 1.00 e. The summed E-state index contributed by atoms with van der Waals surface area (Å²) in [6.45, 7) is 18.8. The van der Waals surface area contributed by atoms with Crippen molar-refractivity contribution < 1.29 is 95.8 Å². The normalized spacial score (nSPS) is 11.2. The van der Waals surface area contributed by atoms with E-state index in [1.165, 1.54) is 128 Å². The van der Waals surface area contributed by atoms with E-state index >= 15 is 0 Å². The summed E-state index contributed by atoms with van der Waals surface area (Å²) >= 11 is 0. The van der Waals surface area contributed by atoms with Crippen LogP contribution in [-0.2, 0) is 30.4 Å². The molecule has 0 bridgehead atoms. The molecule has 0 saturated carbocycles. The molecule has 52 heavy (non-hydrogen) atoms. The molecule has 0 saturated heterocycles. The maximum atomic E-state index is 9.19. The molecule has 0 aliphatic carbocycles. The molecule has 0 heterocycles. The second-order valence-electron chi connectivity index (χ2n) is 13.7. The molecule has 0 amide bonds. The van der Waals surface area contributed by atoms with Crippen molar-refractivity contribution in [1.82, 2.24) is 0 Å². The first-order valence-corrected chi connectivity index (χ1v) is 27.1. The minimum atomic E-state index is -3.92. The Labute approximate surface area is 369 Å². The van der Waals surface area contributed by atoms with Crippen molar-refractivity contribution in [2.24, 2.45) is 5.41 Å². The van der Waals surface area contributed by atoms with E-state index in [0.717, 1.165) is 0 Å². The molecule has 0 aromatic carbocycles. The quantitative estimate of drug-likeness (QED) is 0.0550. The maximum Gasteiger partial charge on any atom is 1.00 e. The molecule has 15 heteroatoms. The molecule has 0 aliphatic rings. The molecule has 4 N–H and O–H groups in total. The van der Waals surface area contributed by atoms with Gasteiger partial charge in [-0.05, 0) is 56.8 Å². The predicted octanol–water partition coefficient (Wildman–Crippen LogP) is 7.92. The van der Waals surface area contributed by atoms with Crippen LogP contribution in [0.2, 0.25) is 0 Å². The third-order valence-electron chi connectivity index (χ3n) is 8.19. The first-order chi connectivity index (χ1) is 22.5. The van der Waals surface area contributed by atoms with Gasteiger partial charge in [-0.1, -0.05) is 140 Å². The van der Waals surface area contributed by atoms with Crippen LogP contribution in [0.4, 0.5) is 0 Å². The molecular formula is C37H89KO10PS3+. The Hall–Kier alpha value is 1.76. The van der Waals surface area contributed by atoms with Gasteiger partial charge in [-0.3, -0.25) is 9.11 Å². The molecule has 10 nitrogen and oxygen atoms in total. The fourth-order valence-electron chi connectivity index (χ4n) is 5.60. The summed E-state index contributed by atoms with van der Waals surface area (Å²) in [5.41, 5.74) is 0.706. The Morgan fingerprint density at radius 2 is 0.596 bits per heavy atom. The fourth-order valence-corrected chi connectivity index (χ4v) is 10.9. The first kappa shape index (κ1) is 71.5. The van der Waals surface area contributed by atoms with Crippen molar-refractivity contribution in [2.75, 3.05) is 43.4 Å². The third kappa shape index (κ3) is 76.5. The average Bonchev–Trinajstić information content (AvgIpc) is 2.97. The first-order valence-electron chi connectivity index (χ1n) is 19.1. The summed E-state index contributed by atoms with van der Waals surface area (Å²) in [4.78, 5) is 0. The predicted molar refractivity (Wildman–Crippen MR) is 227 cm³/mol. The van der Waals surface area contributed by atoms with Crippen LogP contribution >= 0.6 is 7.26 Å². The SMILES string of the molecule is C.CCCCC(CCCC)(CCCC)CCCC.CCCC[P+](CCCC)(CCCC)CCCC.CS(=O)(=O)O.CS(=O)(=O)O.CS(=O)(=O)[O-].O.[K+]. The molecule has 0 rings (SSSR count). The zero-order valence-electron chi connectivity index (χ0n) is 35.4. The zero-order chi connectivity index (χ0) is 39.5. The van der Waals surface area contributed by atoms with E-state index in [-0.39, 0.29) is 64.3 Å². The van der Waals surface area contributed by atoms with Crippen LogP contribution in [0.1, 0.15) is 191 Å². The van der Waals surface area contributed by atoms with Gasteiger partial charge in [0.05, 0.1) is 47.3 Å². The van der Waals surface area contributed by atoms with Crippen LogP contribution in [0.25, 0.3) is 0 Å². The Balaban J connectivity index is -0.0000000858. The van der Waals surface area contributed by atoms with Crippen LogP contribution in [0.3, 0.4) is 0 Å². The van der Waals surface area contributed by atoms with Gasteiger partial charge in [0.15, 0.2) is 0 Å². The third-order valence-corrected chi connectivity index (χ3v) is 13.2. The zero-order valence-corrected chi connectivity index (χ0v) is 41.9. The molecule has 320 valence electrons. The van der Waals surface area contributed by atoms with E-state index < -0.39 is 37.6 Å². The summed E-state index contributed by atoms with van der Waals surface area (Å²) in [5.74, 6) is 0. The fraction of sp³-hybridized carbons (Fsp3) is 1.00. The van der Waals surface area contributed by atoms with Gasteiger partial charge in [0.25, 0.3) is 20.2 Å². The van der Waals surface area contributed by atoms with Gasteiger partial charge in [-0.2, -0.15) is 16.8 Å². The molecular weight excluding hydrogens is 771 g/mol. The number of hydrogen-bond acceptors (Lipinski definition) is 7. The summed E-state index contributed by atoms with van der Waals surface area (Å²) < 4.78 is 79.0. The van der Waals surface area contributed by atoms with E-state index in [9.17, 15) is 16.8 Å². The Kier molecular flexibility index (Phi) is 62.5. The number of unbranched alkanes of at least 4 members (excludes halogenated alkanes) is 8. The molecule has 0 atom stereocenters. The maximum absolute atomic E-state index is 9.19. The molecule has 0 spiro atoms. The molecule has 0 aromatic heterocycles. The summed E-state index contributed by atoms with van der Waals surface area (Å²) in [6.07, 6.45) is 37.2. The Bertz CT molecular complexity index is 804. The number of hydrogen-bond donors (Lipinski definition) is 2. The van der Waals surface area contributed by atoms with Gasteiger partial charge in [-0.25, -0.2) is 8.42 Å². The molecule has 0 radical (unpaired) electrons. The van der Waals surface area contributed by atoms with Crippen molar-refractivity contribution in [3.05, 3.63) is 0 Å². The minimum Gasteiger partial charge on any atom is -0.748 e. The summed E-state index contributed by atoms with van der Waals surface area (Å²) in [6, 6.07) is 0. The van der Waals surface area contributed by atoms with Crippen molar-refractivity contribution in [3.63, 3.8) is 0 Å². The van der Waals surface area contributed by atoms with Gasteiger partial charge in [0.1, 0.15) is 0 Å². The van der Waals surface area contributed by atoms with Crippen LogP contribution in [0.15, 0.2) is 0 Å². The van der Waals surface area contributed by atoms with Gasteiger partial charge >= 0.3 is 51.4 Å². The van der Waals surface area contributed by atoms with E-state index in [1.54, 1.807) is 24.6 Å². The van der Waals surface area contributed by atoms with E-state index in [4.69, 9.17) is 22.1 Å². The topological polar surface area (TPSA) is 197 Å². The minimum absolute atomic E-state index is 0. The van der Waals surface area contributed by atoms with E-state index in [0.29, 0.717) is 24.2 Å². The van der Waals surface area contributed by atoms with Crippen molar-refractivity contribution >= 4 is 37.6 Å². The van der Waals surface area contributed by atoms with Gasteiger partial charge < -0.3 is 10.0 Å². The second kappa shape index (κ2) is 45.5. The van der Waals surface area contributed by atoms with Crippen LogP contribution in [-0.4, -0.2) is 87.8 Å². The monoisotopic (exact) mass is 859 g/mol. The summed E-state index contributed by atoms with van der Waals surface area (Å²) in [5, 5.41) is 0. The Morgan fingerprint density at radius 1 is 0.462 bits per heavy atom. The number of rotatable bonds is 24. The van der Waals surface area contributed by atoms with Crippen LogP contribution in [0, 0.1) is 5.41 Å². The molecule has 0 fully saturated rings. The summed E-state index contributed by atoms with van der Waals surface area (Å²) in [7, 11) is -11.8. The van der Waals surface area contributed by atoms with Crippen LogP contribution in [0.5, 0.6) is 0 Å². The van der Waals surface area contributed by atoms with Crippen molar-refractivity contribution in [3.8, 4) is 0 Å². The van der Waals surface area contributed by atoms with Gasteiger partial charge in [0.2, 0.25) is 0 Å². The average molecular weight is 860 g/mol. The van der Waals surface area contributed by atoms with E-state index in [2.05, 4.69) is 55.4 Å². The standard InChI is InChI=1S/C17H36.C16H36P.3CH4O3S.CH4.K.H2O/c2*1-5-9-13-17(14-10-6-2,15-11-7-3)16-12-8-4;3*1-5(2,3)4;;;/h2*5-16H2,1-4H3;3*1H3,(H,2,3,4);1H4;;1H2/q;+1;;;;;+1;/p-1. The molecule has 0 unspecified atom stereocenters. The van der Waals surface area contributed by atoms with Crippen LogP contribution < -0.4 is 51.4 Å². The smallest absolute Gasteiger partial charge is 0.748 e. The van der Waals surface area contributed by atoms with Gasteiger partial charge in [0, 0.05) is 13.5 Å². The van der Waals surface area contributed by atoms with Crippen molar-refractivity contribution in [1.29, 1.82) is 0 Å². The Morgan fingerprint density at radius 3 is 0.712 bits per heavy atom. The van der Waals surface area contributed by atoms with Gasteiger partial charge in [-0.15, -0.1) is 0 Å². The molecule has 0 aliphatic heterocycles. The molecule has 0 aromatic rings.